The van der Waals surface area contributed by atoms with E-state index in [0.29, 0.717) is 5.56 Å². The van der Waals surface area contributed by atoms with E-state index in [1.807, 2.05) is 32.2 Å². The van der Waals surface area contributed by atoms with Gasteiger partial charge in [0.2, 0.25) is 0 Å². The second-order valence-corrected chi connectivity index (χ2v) is 5.27. The topological polar surface area (TPSA) is 34.9 Å². The first kappa shape index (κ1) is 11.8. The third kappa shape index (κ3) is 2.71. The highest BCUT2D eigenvalue weighted by Crippen LogP contribution is 2.17. The quantitative estimate of drug-likeness (QED) is 0.616. The Bertz CT molecular complexity index is 578. The van der Waals surface area contributed by atoms with E-state index in [-0.39, 0.29) is 5.78 Å². The lowest BCUT2D eigenvalue weighted by atomic mass is 10.1. The van der Waals surface area contributed by atoms with Crippen LogP contribution in [0.2, 0.25) is 0 Å². The van der Waals surface area contributed by atoms with Gasteiger partial charge in [0.25, 0.3) is 0 Å². The van der Waals surface area contributed by atoms with Crippen molar-refractivity contribution in [3.8, 4) is 0 Å². The number of thiophene rings is 1. The normalized spacial score (nSPS) is 11.2. The maximum Gasteiger partial charge on any atom is 0.189 e. The Morgan fingerprint density at radius 1 is 1.41 bits per heavy atom. The maximum atomic E-state index is 11.9. The molecule has 2 aromatic rings. The molecular weight excluding hydrogens is 232 g/mol. The Morgan fingerprint density at radius 3 is 2.71 bits per heavy atom. The molecule has 0 radical (unpaired) electrons. The minimum absolute atomic E-state index is 0.00153. The van der Waals surface area contributed by atoms with Crippen LogP contribution in [0.5, 0.6) is 0 Å². The zero-order chi connectivity index (χ0) is 12.4. The molecule has 0 N–H and O–H groups in total. The molecule has 0 aliphatic heterocycles. The average Bonchev–Trinajstić information content (AvgIpc) is 2.81. The van der Waals surface area contributed by atoms with Crippen molar-refractivity contribution in [3.05, 3.63) is 45.4 Å². The smallest absolute Gasteiger partial charge is 0.189 e. The van der Waals surface area contributed by atoms with Crippen LogP contribution in [0.3, 0.4) is 0 Å². The highest BCUT2D eigenvalue weighted by Gasteiger charge is 2.09. The lowest BCUT2D eigenvalue weighted by Gasteiger charge is -1.90. The van der Waals surface area contributed by atoms with Crippen LogP contribution >= 0.6 is 11.3 Å². The third-order valence-electron chi connectivity index (χ3n) is 2.44. The molecule has 0 atom stereocenters. The predicted molar refractivity (Wildman–Crippen MR) is 70.4 cm³/mol. The van der Waals surface area contributed by atoms with Crippen LogP contribution in [0.15, 0.2) is 24.4 Å². The lowest BCUT2D eigenvalue weighted by Crippen LogP contribution is -1.94. The molecule has 17 heavy (non-hydrogen) atoms. The molecule has 0 saturated carbocycles. The van der Waals surface area contributed by atoms with E-state index in [0.717, 1.165) is 10.6 Å². The number of aryl methyl sites for hydroxylation is 3. The van der Waals surface area contributed by atoms with Crippen LogP contribution in [-0.2, 0) is 7.05 Å². The average molecular weight is 246 g/mol. The Hall–Kier alpha value is -1.68. The van der Waals surface area contributed by atoms with Crippen molar-refractivity contribution in [2.45, 2.75) is 13.8 Å². The first-order valence-corrected chi connectivity index (χ1v) is 6.17. The van der Waals surface area contributed by atoms with Crippen molar-refractivity contribution in [1.29, 1.82) is 0 Å². The monoisotopic (exact) mass is 246 g/mol. The third-order valence-corrected chi connectivity index (χ3v) is 3.40. The van der Waals surface area contributed by atoms with Crippen molar-refractivity contribution >= 4 is 23.2 Å². The first-order valence-electron chi connectivity index (χ1n) is 5.35. The van der Waals surface area contributed by atoms with Gasteiger partial charge in [-0.1, -0.05) is 0 Å². The van der Waals surface area contributed by atoms with Crippen molar-refractivity contribution in [1.82, 2.24) is 9.78 Å². The number of hydrogen-bond donors (Lipinski definition) is 0. The van der Waals surface area contributed by atoms with E-state index < -0.39 is 0 Å². The number of ketones is 1. The molecule has 0 amide bonds. The fourth-order valence-electron chi connectivity index (χ4n) is 1.63. The summed E-state index contributed by atoms with van der Waals surface area (Å²) in [7, 11) is 1.82. The summed E-state index contributed by atoms with van der Waals surface area (Å²) >= 11 is 1.67. The van der Waals surface area contributed by atoms with Crippen LogP contribution in [0, 0.1) is 13.8 Å². The molecule has 2 heterocycles. The van der Waals surface area contributed by atoms with Gasteiger partial charge in [-0.3, -0.25) is 9.48 Å². The summed E-state index contributed by atoms with van der Waals surface area (Å²) in [6.45, 7) is 3.89. The molecule has 0 fully saturated rings. The van der Waals surface area contributed by atoms with Gasteiger partial charge >= 0.3 is 0 Å². The van der Waals surface area contributed by atoms with Crippen LogP contribution in [0.4, 0.5) is 0 Å². The van der Waals surface area contributed by atoms with E-state index in [9.17, 15) is 4.79 Å². The standard InChI is InChI=1S/C13H14N2OS/c1-9-4-5-11(17-9)6-7-13(16)12-8-15(3)14-10(12)2/h4-8H,1-3H3/b7-6+. The van der Waals surface area contributed by atoms with Gasteiger partial charge in [0.1, 0.15) is 0 Å². The van der Waals surface area contributed by atoms with E-state index in [4.69, 9.17) is 0 Å². The largest absolute Gasteiger partial charge is 0.289 e. The fourth-order valence-corrected chi connectivity index (χ4v) is 2.41. The molecule has 88 valence electrons. The summed E-state index contributed by atoms with van der Waals surface area (Å²) < 4.78 is 1.66. The van der Waals surface area contributed by atoms with Gasteiger partial charge in [-0.05, 0) is 38.1 Å². The summed E-state index contributed by atoms with van der Waals surface area (Å²) in [5, 5.41) is 4.16. The summed E-state index contributed by atoms with van der Waals surface area (Å²) in [5.74, 6) is 0.00153. The van der Waals surface area contributed by atoms with Gasteiger partial charge in [-0.25, -0.2) is 0 Å². The number of rotatable bonds is 3. The van der Waals surface area contributed by atoms with Crippen molar-refractivity contribution in [3.63, 3.8) is 0 Å². The number of allylic oxidation sites excluding steroid dienone is 1. The zero-order valence-corrected chi connectivity index (χ0v) is 10.9. The number of carbonyl (C=O) groups is 1. The second kappa shape index (κ2) is 4.67. The molecule has 2 rings (SSSR count). The fraction of sp³-hybridized carbons (Fsp3) is 0.231. The van der Waals surface area contributed by atoms with Gasteiger partial charge in [0.05, 0.1) is 11.3 Å². The minimum atomic E-state index is 0.00153. The molecule has 0 unspecified atom stereocenters. The van der Waals surface area contributed by atoms with Crippen LogP contribution < -0.4 is 0 Å². The molecule has 4 heteroatoms. The van der Waals surface area contributed by atoms with E-state index in [1.165, 1.54) is 4.88 Å². The summed E-state index contributed by atoms with van der Waals surface area (Å²) in [4.78, 5) is 14.3. The molecule has 0 aliphatic carbocycles. The lowest BCUT2D eigenvalue weighted by molar-refractivity contribution is 0.104. The summed E-state index contributed by atoms with van der Waals surface area (Å²) in [6, 6.07) is 4.06. The van der Waals surface area contributed by atoms with Crippen molar-refractivity contribution in [2.75, 3.05) is 0 Å². The van der Waals surface area contributed by atoms with Crippen LogP contribution in [-0.4, -0.2) is 15.6 Å². The molecule has 0 aliphatic rings. The molecule has 2 aromatic heterocycles. The van der Waals surface area contributed by atoms with Gasteiger partial charge in [-0.2, -0.15) is 5.10 Å². The van der Waals surface area contributed by atoms with E-state index in [1.54, 1.807) is 28.3 Å². The Labute approximate surface area is 104 Å². The Kier molecular flexibility index (Phi) is 3.24. The predicted octanol–water partition coefficient (Wildman–Crippen LogP) is 2.99. The van der Waals surface area contributed by atoms with Crippen LogP contribution in [0.1, 0.15) is 25.8 Å². The van der Waals surface area contributed by atoms with Crippen molar-refractivity contribution in [2.24, 2.45) is 7.05 Å². The highest BCUT2D eigenvalue weighted by atomic mass is 32.1. The number of nitrogens with zero attached hydrogens (tertiary/aromatic N) is 2. The van der Waals surface area contributed by atoms with Gasteiger partial charge in [0, 0.05) is 23.0 Å². The highest BCUT2D eigenvalue weighted by molar-refractivity contribution is 7.12. The van der Waals surface area contributed by atoms with Gasteiger partial charge in [-0.15, -0.1) is 11.3 Å². The Morgan fingerprint density at radius 2 is 2.18 bits per heavy atom. The maximum absolute atomic E-state index is 11.9. The van der Waals surface area contributed by atoms with Crippen molar-refractivity contribution < 1.29 is 4.79 Å². The van der Waals surface area contributed by atoms with E-state index in [2.05, 4.69) is 12.0 Å². The number of aromatic nitrogens is 2. The summed E-state index contributed by atoms with van der Waals surface area (Å²) in [5.41, 5.74) is 1.43. The second-order valence-electron chi connectivity index (χ2n) is 3.95. The number of hydrogen-bond acceptors (Lipinski definition) is 3. The molecule has 0 bridgehead atoms. The Balaban J connectivity index is 2.17. The minimum Gasteiger partial charge on any atom is -0.289 e. The molecule has 0 spiro atoms. The molecule has 0 aromatic carbocycles. The first-order chi connectivity index (χ1) is 8.06. The van der Waals surface area contributed by atoms with Gasteiger partial charge < -0.3 is 0 Å². The van der Waals surface area contributed by atoms with E-state index >= 15 is 0 Å². The molecule has 3 nitrogen and oxygen atoms in total. The zero-order valence-electron chi connectivity index (χ0n) is 10.1. The summed E-state index contributed by atoms with van der Waals surface area (Å²) in [6.07, 6.45) is 5.21. The van der Waals surface area contributed by atoms with Gasteiger partial charge in [0.15, 0.2) is 5.78 Å². The SMILES string of the molecule is Cc1ccc(/C=C/C(=O)c2cn(C)nc2C)s1. The molecule has 0 saturated heterocycles. The van der Waals surface area contributed by atoms with Crippen LogP contribution in [0.25, 0.3) is 6.08 Å². The molecular formula is C13H14N2OS. The number of carbonyl (C=O) groups excluding carboxylic acids is 1.